The van der Waals surface area contributed by atoms with Crippen LogP contribution in [0.2, 0.25) is 0 Å². The van der Waals surface area contributed by atoms with Crippen LogP contribution in [0.15, 0.2) is 55.0 Å². The first-order valence-electron chi connectivity index (χ1n) is 11.6. The van der Waals surface area contributed by atoms with Crippen molar-refractivity contribution >= 4 is 11.5 Å². The summed E-state index contributed by atoms with van der Waals surface area (Å²) in [5, 5.41) is 0. The molecule has 1 aromatic carbocycles. The van der Waals surface area contributed by atoms with Crippen molar-refractivity contribution in [1.82, 2.24) is 19.4 Å². The highest BCUT2D eigenvalue weighted by atomic mass is 19.3. The van der Waals surface area contributed by atoms with Crippen molar-refractivity contribution in [1.29, 1.82) is 0 Å². The number of pyridine rings is 1. The van der Waals surface area contributed by atoms with E-state index in [9.17, 15) is 8.78 Å². The Bertz CT molecular complexity index is 1280. The first kappa shape index (κ1) is 22.3. The number of alkyl halides is 2. The van der Waals surface area contributed by atoms with Crippen molar-refractivity contribution in [3.8, 4) is 17.0 Å². The number of aryl methyl sites for hydroxylation is 1. The molecule has 8 heteroatoms. The van der Waals surface area contributed by atoms with Crippen molar-refractivity contribution in [2.24, 2.45) is 5.92 Å². The molecular formula is C26H27F2N5O. The molecule has 6 nitrogen and oxygen atoms in total. The molecule has 34 heavy (non-hydrogen) atoms. The number of benzene rings is 1. The predicted molar refractivity (Wildman–Crippen MR) is 127 cm³/mol. The Morgan fingerprint density at radius 1 is 1.06 bits per heavy atom. The normalized spacial score (nSPS) is 14.8. The molecule has 1 fully saturated rings. The van der Waals surface area contributed by atoms with Crippen molar-refractivity contribution in [2.75, 3.05) is 18.0 Å². The molecule has 0 N–H and O–H groups in total. The number of imidazole rings is 1. The summed E-state index contributed by atoms with van der Waals surface area (Å²) in [6.45, 7) is 3.36. The molecule has 5 rings (SSSR count). The Labute approximate surface area is 197 Å². The summed E-state index contributed by atoms with van der Waals surface area (Å²) in [5.74, 6) is 1.85. The van der Waals surface area contributed by atoms with E-state index in [2.05, 4.69) is 26.8 Å². The fourth-order valence-electron chi connectivity index (χ4n) is 4.49. The minimum absolute atomic E-state index is 0.177. The van der Waals surface area contributed by atoms with Gasteiger partial charge in [0.2, 0.25) is 0 Å². The highest BCUT2D eigenvalue weighted by Crippen LogP contribution is 2.27. The minimum atomic E-state index is -2.87. The van der Waals surface area contributed by atoms with E-state index in [1.807, 2.05) is 48.1 Å². The fourth-order valence-corrected chi connectivity index (χ4v) is 4.49. The largest absolute Gasteiger partial charge is 0.435 e. The Kier molecular flexibility index (Phi) is 6.13. The van der Waals surface area contributed by atoms with Gasteiger partial charge in [0.15, 0.2) is 0 Å². The van der Waals surface area contributed by atoms with Gasteiger partial charge in [0.1, 0.15) is 17.2 Å². The molecule has 0 spiro atoms. The van der Waals surface area contributed by atoms with Crippen LogP contribution in [-0.4, -0.2) is 39.1 Å². The molecule has 0 atom stereocenters. The molecule has 1 aliphatic heterocycles. The lowest BCUT2D eigenvalue weighted by Gasteiger charge is -2.30. The second kappa shape index (κ2) is 9.37. The molecular weight excluding hydrogens is 436 g/mol. The van der Waals surface area contributed by atoms with Gasteiger partial charge in [-0.2, -0.15) is 8.78 Å². The molecule has 1 aliphatic rings. The van der Waals surface area contributed by atoms with E-state index in [-0.39, 0.29) is 5.75 Å². The maximum absolute atomic E-state index is 12.9. The quantitative estimate of drug-likeness (QED) is 0.376. The summed E-state index contributed by atoms with van der Waals surface area (Å²) in [4.78, 5) is 16.3. The average Bonchev–Trinajstić information content (AvgIpc) is 3.15. The molecule has 0 saturated carbocycles. The number of hydrogen-bond donors (Lipinski definition) is 0. The first-order valence-corrected chi connectivity index (χ1v) is 11.6. The van der Waals surface area contributed by atoms with Crippen molar-refractivity contribution in [3.63, 3.8) is 0 Å². The minimum Gasteiger partial charge on any atom is -0.435 e. The van der Waals surface area contributed by atoms with Gasteiger partial charge in [-0.25, -0.2) is 9.97 Å². The number of rotatable bonds is 6. The molecule has 0 bridgehead atoms. The predicted octanol–water partition coefficient (Wildman–Crippen LogP) is 5.53. The van der Waals surface area contributed by atoms with Crippen LogP contribution in [0.4, 0.5) is 14.6 Å². The zero-order valence-electron chi connectivity index (χ0n) is 19.3. The van der Waals surface area contributed by atoms with Gasteiger partial charge in [-0.3, -0.25) is 4.98 Å². The van der Waals surface area contributed by atoms with Crippen LogP contribution in [0.25, 0.3) is 16.9 Å². The Morgan fingerprint density at radius 2 is 1.85 bits per heavy atom. The lowest BCUT2D eigenvalue weighted by atomic mass is 9.99. The molecule has 0 radical (unpaired) electrons. The molecule has 0 unspecified atom stereocenters. The molecule has 1 saturated heterocycles. The fraction of sp³-hybridized carbons (Fsp3) is 0.346. The topological polar surface area (TPSA) is 55.6 Å². The SMILES string of the molecule is Cc1nc2ccc(-c3cnc(N4CCC(C)CC4)cn3)cn2c1Cc1ccccc1OC(F)F. The van der Waals surface area contributed by atoms with Crippen LogP contribution in [0.3, 0.4) is 0 Å². The third kappa shape index (κ3) is 4.58. The molecule has 0 aliphatic carbocycles. The lowest BCUT2D eigenvalue weighted by Crippen LogP contribution is -2.33. The maximum atomic E-state index is 12.9. The first-order chi connectivity index (χ1) is 16.5. The van der Waals surface area contributed by atoms with Gasteiger partial charge in [-0.15, -0.1) is 0 Å². The summed E-state index contributed by atoms with van der Waals surface area (Å²) in [5.41, 5.74) is 4.90. The number of piperidine rings is 1. The second-order valence-electron chi connectivity index (χ2n) is 8.88. The van der Waals surface area contributed by atoms with Crippen LogP contribution in [0.5, 0.6) is 5.75 Å². The molecule has 4 aromatic rings. The standard InChI is InChI=1S/C26H27F2N5O/c1-17-9-11-32(12-10-17)25-15-29-21(14-30-25)20-7-8-24-31-18(2)22(33(24)16-20)13-19-5-3-4-6-23(19)34-26(27)28/h3-8,14-17,26H,9-13H2,1-2H3. The lowest BCUT2D eigenvalue weighted by molar-refractivity contribution is -0.0503. The summed E-state index contributed by atoms with van der Waals surface area (Å²) in [6.07, 6.45) is 8.39. The number of fused-ring (bicyclic) bond motifs is 1. The van der Waals surface area contributed by atoms with Gasteiger partial charge in [0, 0.05) is 42.5 Å². The number of anilines is 1. The highest BCUT2D eigenvalue weighted by Gasteiger charge is 2.18. The molecule has 4 heterocycles. The van der Waals surface area contributed by atoms with Crippen molar-refractivity contribution in [3.05, 3.63) is 71.9 Å². The number of halogens is 2. The van der Waals surface area contributed by atoms with E-state index in [0.717, 1.165) is 53.1 Å². The monoisotopic (exact) mass is 463 g/mol. The van der Waals surface area contributed by atoms with E-state index in [1.54, 1.807) is 18.2 Å². The number of nitrogens with zero attached hydrogens (tertiary/aromatic N) is 5. The Balaban J connectivity index is 1.44. The highest BCUT2D eigenvalue weighted by molar-refractivity contribution is 5.62. The van der Waals surface area contributed by atoms with Gasteiger partial charge in [0.25, 0.3) is 0 Å². The van der Waals surface area contributed by atoms with E-state index < -0.39 is 6.61 Å². The number of hydrogen-bond acceptors (Lipinski definition) is 5. The van der Waals surface area contributed by atoms with Gasteiger partial charge in [-0.05, 0) is 43.9 Å². The summed E-state index contributed by atoms with van der Waals surface area (Å²) in [6, 6.07) is 10.8. The van der Waals surface area contributed by atoms with Crippen molar-refractivity contribution in [2.45, 2.75) is 39.7 Å². The van der Waals surface area contributed by atoms with Crippen LogP contribution in [0.1, 0.15) is 36.7 Å². The van der Waals surface area contributed by atoms with E-state index >= 15 is 0 Å². The molecule has 0 amide bonds. The van der Waals surface area contributed by atoms with E-state index in [0.29, 0.717) is 12.0 Å². The maximum Gasteiger partial charge on any atom is 0.387 e. The Hall–Kier alpha value is -3.55. The van der Waals surface area contributed by atoms with Gasteiger partial charge < -0.3 is 14.0 Å². The number of para-hydroxylation sites is 1. The summed E-state index contributed by atoms with van der Waals surface area (Å²) in [7, 11) is 0. The third-order valence-electron chi connectivity index (χ3n) is 6.51. The molecule has 3 aromatic heterocycles. The van der Waals surface area contributed by atoms with Crippen LogP contribution in [0, 0.1) is 12.8 Å². The van der Waals surface area contributed by atoms with E-state index in [1.165, 1.54) is 12.8 Å². The van der Waals surface area contributed by atoms with Crippen LogP contribution < -0.4 is 9.64 Å². The zero-order chi connectivity index (χ0) is 23.7. The smallest absolute Gasteiger partial charge is 0.387 e. The van der Waals surface area contributed by atoms with Gasteiger partial charge in [-0.1, -0.05) is 25.1 Å². The second-order valence-corrected chi connectivity index (χ2v) is 8.88. The van der Waals surface area contributed by atoms with Gasteiger partial charge >= 0.3 is 6.61 Å². The average molecular weight is 464 g/mol. The van der Waals surface area contributed by atoms with Gasteiger partial charge in [0.05, 0.1) is 23.8 Å². The van der Waals surface area contributed by atoms with Crippen LogP contribution >= 0.6 is 0 Å². The summed E-state index contributed by atoms with van der Waals surface area (Å²) >= 11 is 0. The van der Waals surface area contributed by atoms with Crippen molar-refractivity contribution < 1.29 is 13.5 Å². The van der Waals surface area contributed by atoms with E-state index in [4.69, 9.17) is 4.74 Å². The number of ether oxygens (including phenoxy) is 1. The third-order valence-corrected chi connectivity index (χ3v) is 6.51. The number of aromatic nitrogens is 4. The zero-order valence-corrected chi connectivity index (χ0v) is 19.3. The summed E-state index contributed by atoms with van der Waals surface area (Å²) < 4.78 is 32.4. The van der Waals surface area contributed by atoms with Crippen LogP contribution in [-0.2, 0) is 6.42 Å². The molecule has 176 valence electrons. The Morgan fingerprint density at radius 3 is 2.59 bits per heavy atom.